The first-order chi connectivity index (χ1) is 9.60. The largest absolute Gasteiger partial charge is 0.385 e. The molecule has 4 heteroatoms. The Bertz CT molecular complexity index is 520. The van der Waals surface area contributed by atoms with Gasteiger partial charge in [0.1, 0.15) is 0 Å². The number of hydrogen-bond donors (Lipinski definition) is 3. The molecule has 3 N–H and O–H groups in total. The number of carbonyl (C=O) groups excluding carboxylic acids is 1. The lowest BCUT2D eigenvalue weighted by Gasteiger charge is -2.33. The monoisotopic (exact) mass is 272 g/mol. The van der Waals surface area contributed by atoms with Crippen LogP contribution in [0.25, 0.3) is 0 Å². The maximum Gasteiger partial charge on any atom is 0.217 e. The van der Waals surface area contributed by atoms with Gasteiger partial charge in [-0.05, 0) is 43.6 Å². The van der Waals surface area contributed by atoms with Gasteiger partial charge in [-0.15, -0.1) is 0 Å². The quantitative estimate of drug-likeness (QED) is 0.696. The van der Waals surface area contributed by atoms with Crippen LogP contribution in [0.4, 0.5) is 0 Å². The summed E-state index contributed by atoms with van der Waals surface area (Å²) < 4.78 is 0. The van der Waals surface area contributed by atoms with Crippen LogP contribution in [0.15, 0.2) is 24.3 Å². The highest BCUT2D eigenvalue weighted by Crippen LogP contribution is 2.30. The van der Waals surface area contributed by atoms with Gasteiger partial charge in [-0.1, -0.05) is 24.0 Å². The van der Waals surface area contributed by atoms with Crippen molar-refractivity contribution in [1.29, 1.82) is 0 Å². The molecule has 1 aromatic carbocycles. The van der Waals surface area contributed by atoms with E-state index < -0.39 is 5.60 Å². The van der Waals surface area contributed by atoms with E-state index in [4.69, 9.17) is 0 Å². The fraction of sp³-hybridized carbons (Fsp3) is 0.438. The summed E-state index contributed by atoms with van der Waals surface area (Å²) in [6, 6.07) is 7.70. The van der Waals surface area contributed by atoms with Crippen LogP contribution in [-0.2, 0) is 10.4 Å². The summed E-state index contributed by atoms with van der Waals surface area (Å²) in [5.41, 5.74) is 1.12. The molecule has 0 radical (unpaired) electrons. The molecule has 0 aliphatic carbocycles. The lowest BCUT2D eigenvalue weighted by Crippen LogP contribution is -2.39. The number of hydrogen-bond acceptors (Lipinski definition) is 3. The standard InChI is InChI=1S/C16H20N2O2/c1-13(19)18-10-2-3-14-4-6-15(7-5-14)16(20)8-11-17-12-9-16/h4-7,17,20H,8-12H2,1H3,(H,18,19). The molecule has 0 saturated carbocycles. The second-order valence-electron chi connectivity index (χ2n) is 5.07. The smallest absolute Gasteiger partial charge is 0.217 e. The molecule has 20 heavy (non-hydrogen) atoms. The molecule has 0 aromatic heterocycles. The Kier molecular flexibility index (Phi) is 4.78. The molecule has 1 aliphatic rings. The Labute approximate surface area is 119 Å². The molecule has 1 aliphatic heterocycles. The van der Waals surface area contributed by atoms with E-state index in [9.17, 15) is 9.90 Å². The van der Waals surface area contributed by atoms with Crippen molar-refractivity contribution in [3.05, 3.63) is 35.4 Å². The Morgan fingerprint density at radius 2 is 2.00 bits per heavy atom. The molecule has 1 amide bonds. The van der Waals surface area contributed by atoms with Crippen LogP contribution in [0.2, 0.25) is 0 Å². The van der Waals surface area contributed by atoms with Crippen molar-refractivity contribution in [1.82, 2.24) is 10.6 Å². The summed E-state index contributed by atoms with van der Waals surface area (Å²) in [7, 11) is 0. The van der Waals surface area contributed by atoms with Crippen molar-refractivity contribution in [2.75, 3.05) is 19.6 Å². The fourth-order valence-corrected chi connectivity index (χ4v) is 2.31. The van der Waals surface area contributed by atoms with E-state index in [-0.39, 0.29) is 5.91 Å². The van der Waals surface area contributed by atoms with Gasteiger partial charge in [-0.3, -0.25) is 4.79 Å². The van der Waals surface area contributed by atoms with Gasteiger partial charge in [0.05, 0.1) is 12.1 Å². The Morgan fingerprint density at radius 3 is 2.60 bits per heavy atom. The van der Waals surface area contributed by atoms with Gasteiger partial charge in [0.2, 0.25) is 5.91 Å². The molecule has 106 valence electrons. The van der Waals surface area contributed by atoms with Crippen LogP contribution in [0.1, 0.15) is 30.9 Å². The third-order valence-corrected chi connectivity index (χ3v) is 3.51. The van der Waals surface area contributed by atoms with Crippen molar-refractivity contribution >= 4 is 5.91 Å². The third-order valence-electron chi connectivity index (χ3n) is 3.51. The van der Waals surface area contributed by atoms with Gasteiger partial charge in [0, 0.05) is 12.5 Å². The summed E-state index contributed by atoms with van der Waals surface area (Å²) in [4.78, 5) is 10.7. The first-order valence-corrected chi connectivity index (χ1v) is 6.87. The highest BCUT2D eigenvalue weighted by Gasteiger charge is 2.30. The predicted molar refractivity (Wildman–Crippen MR) is 78.0 cm³/mol. The number of aliphatic hydroxyl groups is 1. The molecule has 1 aromatic rings. The third kappa shape index (κ3) is 3.83. The molecular weight excluding hydrogens is 252 g/mol. The van der Waals surface area contributed by atoms with Gasteiger partial charge in [-0.25, -0.2) is 0 Å². The van der Waals surface area contributed by atoms with Crippen molar-refractivity contribution in [3.63, 3.8) is 0 Å². The van der Waals surface area contributed by atoms with Gasteiger partial charge in [0.25, 0.3) is 0 Å². The normalized spacial score (nSPS) is 16.9. The predicted octanol–water partition coefficient (Wildman–Crippen LogP) is 0.745. The minimum Gasteiger partial charge on any atom is -0.385 e. The lowest BCUT2D eigenvalue weighted by molar-refractivity contribution is -0.118. The maximum atomic E-state index is 10.7. The van der Waals surface area contributed by atoms with Gasteiger partial charge in [0.15, 0.2) is 0 Å². The first kappa shape index (κ1) is 14.6. The number of piperidine rings is 1. The SMILES string of the molecule is CC(=O)NCC#Cc1ccc(C2(O)CCNCC2)cc1. The number of amides is 1. The Balaban J connectivity index is 2.00. The number of carbonyl (C=O) groups is 1. The van der Waals surface area contributed by atoms with Gasteiger partial charge >= 0.3 is 0 Å². The second-order valence-corrected chi connectivity index (χ2v) is 5.07. The number of nitrogens with one attached hydrogen (secondary N) is 2. The minimum absolute atomic E-state index is 0.0808. The number of rotatable bonds is 2. The van der Waals surface area contributed by atoms with E-state index in [1.807, 2.05) is 24.3 Å². The molecule has 0 spiro atoms. The lowest BCUT2D eigenvalue weighted by atomic mass is 9.85. The summed E-state index contributed by atoms with van der Waals surface area (Å²) in [6.07, 6.45) is 1.47. The summed E-state index contributed by atoms with van der Waals surface area (Å²) in [5, 5.41) is 16.5. The van der Waals surface area contributed by atoms with Gasteiger partial charge in [-0.2, -0.15) is 0 Å². The summed E-state index contributed by atoms with van der Waals surface area (Å²) in [5.74, 6) is 5.79. The molecule has 4 nitrogen and oxygen atoms in total. The molecule has 0 unspecified atom stereocenters. The zero-order valence-electron chi connectivity index (χ0n) is 11.7. The van der Waals surface area contributed by atoms with Crippen molar-refractivity contribution in [3.8, 4) is 11.8 Å². The van der Waals surface area contributed by atoms with E-state index in [0.717, 1.165) is 37.1 Å². The minimum atomic E-state index is -0.715. The van der Waals surface area contributed by atoms with Crippen molar-refractivity contribution in [2.24, 2.45) is 0 Å². The highest BCUT2D eigenvalue weighted by atomic mass is 16.3. The van der Waals surface area contributed by atoms with Crippen LogP contribution in [0, 0.1) is 11.8 Å². The maximum absolute atomic E-state index is 10.7. The molecule has 2 rings (SSSR count). The van der Waals surface area contributed by atoms with Crippen LogP contribution in [0.3, 0.4) is 0 Å². The zero-order chi connectivity index (χ0) is 14.4. The number of benzene rings is 1. The average Bonchev–Trinajstić information content (AvgIpc) is 2.45. The second kappa shape index (κ2) is 6.56. The fourth-order valence-electron chi connectivity index (χ4n) is 2.31. The Hall–Kier alpha value is -1.83. The van der Waals surface area contributed by atoms with Crippen LogP contribution >= 0.6 is 0 Å². The summed E-state index contributed by atoms with van der Waals surface area (Å²) in [6.45, 7) is 3.51. The van der Waals surface area contributed by atoms with Crippen LogP contribution in [0.5, 0.6) is 0 Å². The molecule has 1 fully saturated rings. The molecule has 1 saturated heterocycles. The van der Waals surface area contributed by atoms with E-state index in [2.05, 4.69) is 22.5 Å². The topological polar surface area (TPSA) is 61.4 Å². The molecule has 1 heterocycles. The van der Waals surface area contributed by atoms with E-state index >= 15 is 0 Å². The van der Waals surface area contributed by atoms with Crippen LogP contribution in [-0.4, -0.2) is 30.6 Å². The van der Waals surface area contributed by atoms with Crippen molar-refractivity contribution < 1.29 is 9.90 Å². The molecule has 0 atom stereocenters. The van der Waals surface area contributed by atoms with E-state index in [1.165, 1.54) is 6.92 Å². The van der Waals surface area contributed by atoms with Crippen LogP contribution < -0.4 is 10.6 Å². The first-order valence-electron chi connectivity index (χ1n) is 6.87. The Morgan fingerprint density at radius 1 is 1.35 bits per heavy atom. The van der Waals surface area contributed by atoms with Gasteiger partial charge < -0.3 is 15.7 Å². The molecule has 0 bridgehead atoms. The van der Waals surface area contributed by atoms with E-state index in [0.29, 0.717) is 6.54 Å². The molecular formula is C16H20N2O2. The van der Waals surface area contributed by atoms with E-state index in [1.54, 1.807) is 0 Å². The zero-order valence-corrected chi connectivity index (χ0v) is 11.7. The average molecular weight is 272 g/mol. The summed E-state index contributed by atoms with van der Waals surface area (Å²) >= 11 is 0. The highest BCUT2D eigenvalue weighted by molar-refractivity contribution is 5.73. The van der Waals surface area contributed by atoms with Crippen molar-refractivity contribution in [2.45, 2.75) is 25.4 Å².